The Morgan fingerprint density at radius 3 is 2.53 bits per heavy atom. The largest absolute Gasteiger partial charge is 0.387 e. The number of rotatable bonds is 8. The third-order valence-electron chi connectivity index (χ3n) is 3.96. The molecule has 0 aliphatic carbocycles. The second-order valence-corrected chi connectivity index (χ2v) is 5.52. The maximum atomic E-state index is 10.6. The quantitative estimate of drug-likeness (QED) is 0.666. The van der Waals surface area contributed by atoms with Gasteiger partial charge in [0.2, 0.25) is 0 Å². The molecular formula is C15H28O4. The van der Waals surface area contributed by atoms with Crippen LogP contribution < -0.4 is 0 Å². The van der Waals surface area contributed by atoms with Gasteiger partial charge in [-0.05, 0) is 32.1 Å². The van der Waals surface area contributed by atoms with Crippen molar-refractivity contribution < 1.29 is 19.7 Å². The highest BCUT2D eigenvalue weighted by Gasteiger charge is 2.36. The van der Waals surface area contributed by atoms with Crippen LogP contribution in [-0.2, 0) is 9.47 Å². The van der Waals surface area contributed by atoms with E-state index in [1.807, 2.05) is 13.8 Å². The molecule has 0 aromatic carbocycles. The van der Waals surface area contributed by atoms with E-state index < -0.39 is 11.2 Å². The van der Waals surface area contributed by atoms with Gasteiger partial charge in [-0.2, -0.15) is 0 Å². The summed E-state index contributed by atoms with van der Waals surface area (Å²) in [5.41, 5.74) is -2.08. The van der Waals surface area contributed by atoms with Crippen LogP contribution >= 0.6 is 0 Å². The average Bonchev–Trinajstić information content (AvgIpc) is 2.46. The van der Waals surface area contributed by atoms with Gasteiger partial charge in [-0.3, -0.25) is 0 Å². The highest BCUT2D eigenvalue weighted by atomic mass is 16.7. The molecule has 112 valence electrons. The Balaban J connectivity index is 2.51. The molecular weight excluding hydrogens is 244 g/mol. The van der Waals surface area contributed by atoms with Gasteiger partial charge in [0.15, 0.2) is 6.29 Å². The average molecular weight is 272 g/mol. The van der Waals surface area contributed by atoms with Crippen LogP contribution in [0.5, 0.6) is 0 Å². The Morgan fingerprint density at radius 1 is 1.32 bits per heavy atom. The highest BCUT2D eigenvalue weighted by Crippen LogP contribution is 2.28. The molecule has 1 saturated heterocycles. The fourth-order valence-electron chi connectivity index (χ4n) is 2.28. The van der Waals surface area contributed by atoms with Crippen LogP contribution in [0.15, 0.2) is 12.7 Å². The summed E-state index contributed by atoms with van der Waals surface area (Å²) < 4.78 is 11.1. The SMILES string of the molecule is C=CC(O)(CC)CC(O)(CC)COC1CCCCO1. The minimum absolute atomic E-state index is 0.185. The highest BCUT2D eigenvalue weighted by molar-refractivity contribution is 5.00. The predicted octanol–water partition coefficient (Wildman–Crippen LogP) is 2.39. The topological polar surface area (TPSA) is 58.9 Å². The zero-order valence-corrected chi connectivity index (χ0v) is 12.2. The summed E-state index contributed by atoms with van der Waals surface area (Å²) in [6.45, 7) is 8.32. The van der Waals surface area contributed by atoms with Crippen molar-refractivity contribution >= 4 is 0 Å². The van der Waals surface area contributed by atoms with Gasteiger partial charge in [-0.25, -0.2) is 0 Å². The number of aliphatic hydroxyl groups is 2. The molecule has 0 amide bonds. The Hall–Kier alpha value is -0.420. The summed E-state index contributed by atoms with van der Waals surface area (Å²) in [7, 11) is 0. The lowest BCUT2D eigenvalue weighted by atomic mass is 9.84. The number of hydrogen-bond acceptors (Lipinski definition) is 4. The molecule has 0 bridgehead atoms. The maximum absolute atomic E-state index is 10.6. The van der Waals surface area contributed by atoms with E-state index >= 15 is 0 Å². The molecule has 0 saturated carbocycles. The maximum Gasteiger partial charge on any atom is 0.157 e. The van der Waals surface area contributed by atoms with Crippen LogP contribution in [0.3, 0.4) is 0 Å². The zero-order chi connectivity index (χ0) is 14.4. The van der Waals surface area contributed by atoms with Crippen molar-refractivity contribution in [3.63, 3.8) is 0 Å². The first-order valence-corrected chi connectivity index (χ1v) is 7.28. The van der Waals surface area contributed by atoms with Gasteiger partial charge in [0.25, 0.3) is 0 Å². The van der Waals surface area contributed by atoms with Gasteiger partial charge < -0.3 is 19.7 Å². The fourth-order valence-corrected chi connectivity index (χ4v) is 2.28. The number of hydrogen-bond donors (Lipinski definition) is 2. The second-order valence-electron chi connectivity index (χ2n) is 5.52. The van der Waals surface area contributed by atoms with Crippen LogP contribution in [0, 0.1) is 0 Å². The molecule has 1 rings (SSSR count). The smallest absolute Gasteiger partial charge is 0.157 e. The molecule has 1 fully saturated rings. The van der Waals surface area contributed by atoms with E-state index in [-0.39, 0.29) is 19.3 Å². The molecule has 1 aliphatic rings. The summed E-state index contributed by atoms with van der Waals surface area (Å²) in [5, 5.41) is 20.8. The monoisotopic (exact) mass is 272 g/mol. The standard InChI is InChI=1S/C15H28O4/c1-4-14(16,5-2)11-15(17,6-3)12-19-13-9-7-8-10-18-13/h4,13,16-17H,1,5-12H2,2-3H3. The first kappa shape index (κ1) is 16.6. The third kappa shape index (κ3) is 5.22. The van der Waals surface area contributed by atoms with Gasteiger partial charge >= 0.3 is 0 Å². The molecule has 3 atom stereocenters. The van der Waals surface area contributed by atoms with E-state index in [0.717, 1.165) is 25.9 Å². The lowest BCUT2D eigenvalue weighted by Crippen LogP contribution is -2.44. The third-order valence-corrected chi connectivity index (χ3v) is 3.96. The summed E-state index contributed by atoms with van der Waals surface area (Å²) in [6, 6.07) is 0. The summed E-state index contributed by atoms with van der Waals surface area (Å²) in [4.78, 5) is 0. The lowest BCUT2D eigenvalue weighted by molar-refractivity contribution is -0.198. The van der Waals surface area contributed by atoms with E-state index in [2.05, 4.69) is 6.58 Å². The molecule has 2 N–H and O–H groups in total. The van der Waals surface area contributed by atoms with Gasteiger partial charge in [0, 0.05) is 13.0 Å². The fraction of sp³-hybridized carbons (Fsp3) is 0.867. The molecule has 0 aromatic heterocycles. The lowest BCUT2D eigenvalue weighted by Gasteiger charge is -2.36. The van der Waals surface area contributed by atoms with Crippen LogP contribution in [0.4, 0.5) is 0 Å². The van der Waals surface area contributed by atoms with Crippen molar-refractivity contribution in [2.24, 2.45) is 0 Å². The second kappa shape index (κ2) is 7.39. The van der Waals surface area contributed by atoms with Gasteiger partial charge in [-0.1, -0.05) is 19.9 Å². The normalized spacial score (nSPS) is 26.4. The Morgan fingerprint density at radius 2 is 2.05 bits per heavy atom. The first-order chi connectivity index (χ1) is 8.97. The van der Waals surface area contributed by atoms with Gasteiger partial charge in [0.1, 0.15) is 0 Å². The van der Waals surface area contributed by atoms with E-state index in [0.29, 0.717) is 12.8 Å². The Bertz CT molecular complexity index is 275. The molecule has 0 radical (unpaired) electrons. The van der Waals surface area contributed by atoms with E-state index in [1.54, 1.807) is 0 Å². The van der Waals surface area contributed by atoms with E-state index in [9.17, 15) is 10.2 Å². The molecule has 1 aliphatic heterocycles. The molecule has 4 nitrogen and oxygen atoms in total. The Kier molecular flexibility index (Phi) is 6.47. The van der Waals surface area contributed by atoms with Crippen LogP contribution in [0.2, 0.25) is 0 Å². The molecule has 19 heavy (non-hydrogen) atoms. The van der Waals surface area contributed by atoms with Crippen molar-refractivity contribution in [2.45, 2.75) is 69.9 Å². The van der Waals surface area contributed by atoms with Gasteiger partial charge in [-0.15, -0.1) is 6.58 Å². The van der Waals surface area contributed by atoms with E-state index in [1.165, 1.54) is 6.08 Å². The predicted molar refractivity (Wildman–Crippen MR) is 74.8 cm³/mol. The summed E-state index contributed by atoms with van der Waals surface area (Å²) in [6.07, 6.45) is 5.62. The summed E-state index contributed by atoms with van der Waals surface area (Å²) >= 11 is 0. The number of ether oxygens (including phenoxy) is 2. The molecule has 3 unspecified atom stereocenters. The van der Waals surface area contributed by atoms with Crippen molar-refractivity contribution in [3.8, 4) is 0 Å². The van der Waals surface area contributed by atoms with Crippen LogP contribution in [0.25, 0.3) is 0 Å². The molecule has 0 aromatic rings. The van der Waals surface area contributed by atoms with Gasteiger partial charge in [0.05, 0.1) is 17.8 Å². The molecule has 0 spiro atoms. The van der Waals surface area contributed by atoms with E-state index in [4.69, 9.17) is 9.47 Å². The minimum atomic E-state index is -1.04. The summed E-state index contributed by atoms with van der Waals surface area (Å²) in [5.74, 6) is 0. The van der Waals surface area contributed by atoms with Crippen LogP contribution in [0.1, 0.15) is 52.4 Å². The zero-order valence-electron chi connectivity index (χ0n) is 12.2. The van der Waals surface area contributed by atoms with Crippen molar-refractivity contribution in [1.82, 2.24) is 0 Å². The minimum Gasteiger partial charge on any atom is -0.387 e. The molecule has 4 heteroatoms. The molecule has 1 heterocycles. The van der Waals surface area contributed by atoms with Crippen LogP contribution in [-0.4, -0.2) is 40.9 Å². The van der Waals surface area contributed by atoms with Crippen molar-refractivity contribution in [1.29, 1.82) is 0 Å². The van der Waals surface area contributed by atoms with Crippen molar-refractivity contribution in [3.05, 3.63) is 12.7 Å². The van der Waals surface area contributed by atoms with Crippen molar-refractivity contribution in [2.75, 3.05) is 13.2 Å². The first-order valence-electron chi connectivity index (χ1n) is 7.28. The Labute approximate surface area is 116 Å².